The summed E-state index contributed by atoms with van der Waals surface area (Å²) in [5.41, 5.74) is 2.21. The Hall–Kier alpha value is -2.34. The molecule has 136 valence electrons. The normalized spacial score (nSPS) is 11.7. The minimum Gasteiger partial charge on any atom is -0.408 e. The lowest BCUT2D eigenvalue weighted by Crippen LogP contribution is -2.37. The third-order valence-electron chi connectivity index (χ3n) is 4.49. The van der Waals surface area contributed by atoms with Crippen LogP contribution >= 0.6 is 15.9 Å². The second-order valence-corrected chi connectivity index (χ2v) is 7.82. The predicted octanol–water partition coefficient (Wildman–Crippen LogP) is 3.84. The number of aryl methyl sites for hydroxylation is 1. The summed E-state index contributed by atoms with van der Waals surface area (Å²) >= 11 is 3.43. The van der Waals surface area contributed by atoms with E-state index in [2.05, 4.69) is 35.1 Å². The number of amides is 1. The number of para-hydroxylation sites is 2. The molecule has 0 bridgehead atoms. The van der Waals surface area contributed by atoms with Gasteiger partial charge in [0.05, 0.1) is 5.52 Å². The lowest BCUT2D eigenvalue weighted by atomic mass is 9.84. The summed E-state index contributed by atoms with van der Waals surface area (Å²) in [6.45, 7) is 4.99. The lowest BCUT2D eigenvalue weighted by molar-refractivity contribution is -0.121. The topological polar surface area (TPSA) is 64.2 Å². The average Bonchev–Trinajstić information content (AvgIpc) is 2.94. The number of carbonyl (C=O) groups excluding carboxylic acids is 1. The van der Waals surface area contributed by atoms with Crippen LogP contribution in [0, 0.1) is 0 Å². The second-order valence-electron chi connectivity index (χ2n) is 6.90. The van der Waals surface area contributed by atoms with Crippen molar-refractivity contribution in [3.8, 4) is 0 Å². The van der Waals surface area contributed by atoms with E-state index in [0.717, 1.165) is 10.0 Å². The van der Waals surface area contributed by atoms with Crippen molar-refractivity contribution < 1.29 is 9.21 Å². The fourth-order valence-electron chi connectivity index (χ4n) is 2.85. The lowest BCUT2D eigenvalue weighted by Gasteiger charge is -2.25. The van der Waals surface area contributed by atoms with E-state index in [9.17, 15) is 9.59 Å². The number of oxazole rings is 1. The minimum absolute atomic E-state index is 0.0904. The van der Waals surface area contributed by atoms with Crippen LogP contribution in [0.25, 0.3) is 11.1 Å². The van der Waals surface area contributed by atoms with Gasteiger partial charge in [0.25, 0.3) is 0 Å². The third-order valence-corrected chi connectivity index (χ3v) is 5.02. The van der Waals surface area contributed by atoms with Gasteiger partial charge in [-0.25, -0.2) is 4.79 Å². The number of benzene rings is 2. The molecular weight excluding hydrogens is 396 g/mol. The van der Waals surface area contributed by atoms with Gasteiger partial charge in [-0.2, -0.15) is 0 Å². The van der Waals surface area contributed by atoms with Gasteiger partial charge < -0.3 is 9.73 Å². The van der Waals surface area contributed by atoms with Crippen LogP contribution in [-0.4, -0.2) is 17.0 Å². The van der Waals surface area contributed by atoms with Crippen LogP contribution in [0.5, 0.6) is 0 Å². The Morgan fingerprint density at radius 1 is 1.15 bits per heavy atom. The number of aromatic nitrogens is 1. The summed E-state index contributed by atoms with van der Waals surface area (Å²) in [5.74, 6) is -0.526. The van der Waals surface area contributed by atoms with Gasteiger partial charge in [-0.15, -0.1) is 0 Å². The first-order valence-corrected chi connectivity index (χ1v) is 9.27. The molecule has 3 rings (SSSR count). The maximum Gasteiger partial charge on any atom is 0.419 e. The first-order valence-electron chi connectivity index (χ1n) is 8.48. The van der Waals surface area contributed by atoms with Crippen molar-refractivity contribution >= 4 is 32.9 Å². The average molecular weight is 417 g/mol. The van der Waals surface area contributed by atoms with Crippen molar-refractivity contribution in [1.29, 1.82) is 0 Å². The molecule has 1 heterocycles. The highest BCUT2D eigenvalue weighted by molar-refractivity contribution is 9.10. The number of fused-ring (bicyclic) bond motifs is 1. The summed E-state index contributed by atoms with van der Waals surface area (Å²) in [6, 6.07) is 15.3. The van der Waals surface area contributed by atoms with Crippen LogP contribution in [-0.2, 0) is 16.8 Å². The summed E-state index contributed by atoms with van der Waals surface area (Å²) in [7, 11) is 0. The summed E-state index contributed by atoms with van der Waals surface area (Å²) in [5, 5.41) is 2.97. The maximum absolute atomic E-state index is 12.3. The van der Waals surface area contributed by atoms with E-state index in [0.29, 0.717) is 24.2 Å². The predicted molar refractivity (Wildman–Crippen MR) is 105 cm³/mol. The van der Waals surface area contributed by atoms with E-state index >= 15 is 0 Å². The van der Waals surface area contributed by atoms with Crippen LogP contribution in [0.4, 0.5) is 0 Å². The quantitative estimate of drug-likeness (QED) is 0.663. The smallest absolute Gasteiger partial charge is 0.408 e. The van der Waals surface area contributed by atoms with Gasteiger partial charge in [-0.1, -0.05) is 54.0 Å². The van der Waals surface area contributed by atoms with Crippen LogP contribution in [0.2, 0.25) is 0 Å². The van der Waals surface area contributed by atoms with Gasteiger partial charge in [0.2, 0.25) is 5.91 Å². The number of nitrogens with one attached hydrogen (secondary N) is 1. The highest BCUT2D eigenvalue weighted by atomic mass is 79.9. The highest BCUT2D eigenvalue weighted by Gasteiger charge is 2.21. The van der Waals surface area contributed by atoms with Crippen molar-refractivity contribution in [1.82, 2.24) is 9.88 Å². The molecule has 0 aliphatic carbocycles. The number of halogens is 1. The number of hydrogen-bond donors (Lipinski definition) is 1. The molecule has 26 heavy (non-hydrogen) atoms. The van der Waals surface area contributed by atoms with Crippen LogP contribution in [0.15, 0.2) is 62.2 Å². The van der Waals surface area contributed by atoms with E-state index in [1.165, 1.54) is 4.57 Å². The van der Waals surface area contributed by atoms with Gasteiger partial charge in [0.15, 0.2) is 5.58 Å². The van der Waals surface area contributed by atoms with Crippen LogP contribution in [0.3, 0.4) is 0 Å². The molecule has 0 radical (unpaired) electrons. The second kappa shape index (κ2) is 7.50. The van der Waals surface area contributed by atoms with Crippen molar-refractivity contribution in [2.24, 2.45) is 0 Å². The van der Waals surface area contributed by atoms with Crippen LogP contribution in [0.1, 0.15) is 25.8 Å². The Morgan fingerprint density at radius 2 is 1.85 bits per heavy atom. The van der Waals surface area contributed by atoms with Crippen molar-refractivity contribution in [3.05, 3.63) is 69.1 Å². The Bertz CT molecular complexity index is 971. The number of rotatable bonds is 6. The fraction of sp³-hybridized carbons (Fsp3) is 0.300. The molecule has 0 saturated heterocycles. The van der Waals surface area contributed by atoms with E-state index < -0.39 is 5.76 Å². The van der Waals surface area contributed by atoms with Crippen LogP contribution < -0.4 is 11.1 Å². The van der Waals surface area contributed by atoms with E-state index in [-0.39, 0.29) is 17.7 Å². The Kier molecular flexibility index (Phi) is 5.32. The zero-order chi connectivity index (χ0) is 18.7. The number of carbonyl (C=O) groups is 1. The first-order chi connectivity index (χ1) is 12.4. The van der Waals surface area contributed by atoms with Gasteiger partial charge in [0.1, 0.15) is 0 Å². The van der Waals surface area contributed by atoms with Gasteiger partial charge in [-0.05, 0) is 29.8 Å². The molecule has 0 atom stereocenters. The maximum atomic E-state index is 12.3. The minimum atomic E-state index is -0.436. The summed E-state index contributed by atoms with van der Waals surface area (Å²) < 4.78 is 7.71. The standard InChI is InChI=1S/C20H21BrN2O3/c1-20(2,14-7-9-15(21)10-8-14)13-22-18(24)11-12-23-16-5-3-4-6-17(16)26-19(23)25/h3-10H,11-13H2,1-2H3,(H,22,24). The molecular formula is C20H21BrN2O3. The summed E-state index contributed by atoms with van der Waals surface area (Å²) in [6.07, 6.45) is 0.222. The van der Waals surface area contributed by atoms with Crippen molar-refractivity contribution in [2.75, 3.05) is 6.54 Å². The van der Waals surface area contributed by atoms with E-state index in [1.54, 1.807) is 6.07 Å². The van der Waals surface area contributed by atoms with E-state index in [4.69, 9.17) is 4.42 Å². The van der Waals surface area contributed by atoms with Gasteiger partial charge >= 0.3 is 5.76 Å². The molecule has 1 N–H and O–H groups in total. The van der Waals surface area contributed by atoms with E-state index in [1.807, 2.05) is 42.5 Å². The molecule has 0 spiro atoms. The molecule has 1 aromatic heterocycles. The SMILES string of the molecule is CC(C)(CNC(=O)CCn1c(=O)oc2ccccc21)c1ccc(Br)cc1. The summed E-state index contributed by atoms with van der Waals surface area (Å²) in [4.78, 5) is 24.2. The largest absolute Gasteiger partial charge is 0.419 e. The molecule has 0 aliphatic rings. The molecule has 0 unspecified atom stereocenters. The zero-order valence-electron chi connectivity index (χ0n) is 14.8. The Balaban J connectivity index is 1.59. The molecule has 5 nitrogen and oxygen atoms in total. The molecule has 0 saturated carbocycles. The van der Waals surface area contributed by atoms with Gasteiger partial charge in [0, 0.05) is 29.4 Å². The molecule has 2 aromatic carbocycles. The van der Waals surface area contributed by atoms with Gasteiger partial charge in [-0.3, -0.25) is 9.36 Å². The zero-order valence-corrected chi connectivity index (χ0v) is 16.4. The third kappa shape index (κ3) is 4.07. The molecule has 1 amide bonds. The molecule has 3 aromatic rings. The Morgan fingerprint density at radius 3 is 2.58 bits per heavy atom. The highest BCUT2D eigenvalue weighted by Crippen LogP contribution is 2.24. The monoisotopic (exact) mass is 416 g/mol. The number of nitrogens with zero attached hydrogens (tertiary/aromatic N) is 1. The first kappa shape index (κ1) is 18.5. The molecule has 0 fully saturated rings. The van der Waals surface area contributed by atoms with Crippen molar-refractivity contribution in [2.45, 2.75) is 32.2 Å². The molecule has 6 heteroatoms. The number of hydrogen-bond acceptors (Lipinski definition) is 3. The van der Waals surface area contributed by atoms with Crippen molar-refractivity contribution in [3.63, 3.8) is 0 Å². The Labute approximate surface area is 160 Å². The molecule has 0 aliphatic heterocycles. The fourth-order valence-corrected chi connectivity index (χ4v) is 3.11.